The second kappa shape index (κ2) is 6.13. The first-order valence-electron chi connectivity index (χ1n) is 8.79. The fourth-order valence-electron chi connectivity index (χ4n) is 4.53. The van der Waals surface area contributed by atoms with Crippen LogP contribution in [-0.2, 0) is 20.7 Å². The van der Waals surface area contributed by atoms with Gasteiger partial charge in [-0.2, -0.15) is 0 Å². The van der Waals surface area contributed by atoms with Gasteiger partial charge in [0.1, 0.15) is 11.5 Å². The summed E-state index contributed by atoms with van der Waals surface area (Å²) in [4.78, 5) is 22.7. The van der Waals surface area contributed by atoms with Gasteiger partial charge in [0.05, 0.1) is 11.7 Å². The van der Waals surface area contributed by atoms with E-state index >= 15 is 0 Å². The molecule has 2 fully saturated rings. The lowest BCUT2D eigenvalue weighted by atomic mass is 9.62. The maximum absolute atomic E-state index is 11.5. The van der Waals surface area contributed by atoms with Crippen molar-refractivity contribution < 1.29 is 23.8 Å². The van der Waals surface area contributed by atoms with E-state index in [4.69, 9.17) is 14.2 Å². The third-order valence-corrected chi connectivity index (χ3v) is 5.76. The minimum absolute atomic E-state index is 0.0645. The lowest BCUT2D eigenvalue weighted by Gasteiger charge is -2.39. The van der Waals surface area contributed by atoms with E-state index in [1.54, 1.807) is 12.1 Å². The fraction of sp³-hybridized carbons (Fsp3) is 0.600. The maximum atomic E-state index is 11.5. The van der Waals surface area contributed by atoms with Crippen LogP contribution >= 0.6 is 0 Å². The Morgan fingerprint density at radius 1 is 1.16 bits per heavy atom. The summed E-state index contributed by atoms with van der Waals surface area (Å²) in [7, 11) is 0. The van der Waals surface area contributed by atoms with E-state index in [9.17, 15) is 9.59 Å². The molecule has 0 aliphatic carbocycles. The molecule has 2 heterocycles. The fourth-order valence-corrected chi connectivity index (χ4v) is 4.53. The number of esters is 2. The molecule has 5 heteroatoms. The number of carbonyl (C=O) groups is 2. The van der Waals surface area contributed by atoms with Gasteiger partial charge in [0.2, 0.25) is 0 Å². The van der Waals surface area contributed by atoms with Crippen molar-refractivity contribution in [2.45, 2.75) is 65.6 Å². The first-order chi connectivity index (χ1) is 11.6. The minimum atomic E-state index is -0.406. The molecule has 0 radical (unpaired) electrons. The second-order valence-corrected chi connectivity index (χ2v) is 7.99. The van der Waals surface area contributed by atoms with Crippen LogP contribution in [0.4, 0.5) is 0 Å². The first-order valence-corrected chi connectivity index (χ1v) is 8.79. The molecule has 0 unspecified atom stereocenters. The predicted octanol–water partition coefficient (Wildman–Crippen LogP) is 3.67. The zero-order valence-electron chi connectivity index (χ0n) is 15.5. The van der Waals surface area contributed by atoms with Gasteiger partial charge < -0.3 is 14.2 Å². The van der Waals surface area contributed by atoms with Crippen molar-refractivity contribution in [3.8, 4) is 11.5 Å². The van der Waals surface area contributed by atoms with Gasteiger partial charge in [-0.05, 0) is 49.1 Å². The molecule has 25 heavy (non-hydrogen) atoms. The van der Waals surface area contributed by atoms with Crippen molar-refractivity contribution in [3.63, 3.8) is 0 Å². The molecule has 3 atom stereocenters. The van der Waals surface area contributed by atoms with Crippen LogP contribution in [0.2, 0.25) is 0 Å². The molecule has 0 aromatic heterocycles. The van der Waals surface area contributed by atoms with Gasteiger partial charge in [-0.15, -0.1) is 0 Å². The Balaban J connectivity index is 1.91. The Labute approximate surface area is 148 Å². The van der Waals surface area contributed by atoms with Crippen LogP contribution in [0.3, 0.4) is 0 Å². The zero-order valence-corrected chi connectivity index (χ0v) is 15.5. The highest BCUT2D eigenvalue weighted by atomic mass is 16.5. The Bertz CT molecular complexity index is 703. The molecule has 2 aliphatic rings. The van der Waals surface area contributed by atoms with E-state index in [2.05, 4.69) is 20.8 Å². The molecule has 0 amide bonds. The zero-order chi connectivity index (χ0) is 18.4. The third-order valence-electron chi connectivity index (χ3n) is 5.76. The smallest absolute Gasteiger partial charge is 0.308 e. The number of rotatable bonds is 4. The summed E-state index contributed by atoms with van der Waals surface area (Å²) < 4.78 is 16.8. The van der Waals surface area contributed by atoms with E-state index in [0.717, 1.165) is 24.8 Å². The monoisotopic (exact) mass is 346 g/mol. The van der Waals surface area contributed by atoms with Crippen molar-refractivity contribution in [1.82, 2.24) is 0 Å². The minimum Gasteiger partial charge on any atom is -0.427 e. The summed E-state index contributed by atoms with van der Waals surface area (Å²) in [5, 5.41) is 0. The standard InChI is InChI=1S/C20H26O5/c1-12(21)23-15-7-6-14(16(11-15)24-13(2)22)10-17-19(3,4)18-8-9-20(17,5)25-18/h6-7,11,17-18H,8-10H2,1-5H3/t17-,18-,20+/m1/s1. The Kier molecular flexibility index (Phi) is 4.40. The number of hydrogen-bond donors (Lipinski definition) is 0. The predicted molar refractivity (Wildman–Crippen MR) is 92.5 cm³/mol. The highest BCUT2D eigenvalue weighted by molar-refractivity contribution is 5.71. The van der Waals surface area contributed by atoms with Crippen molar-refractivity contribution in [3.05, 3.63) is 23.8 Å². The average Bonchev–Trinajstić information content (AvgIpc) is 2.95. The van der Waals surface area contributed by atoms with E-state index in [0.29, 0.717) is 17.4 Å². The van der Waals surface area contributed by atoms with Crippen LogP contribution in [0, 0.1) is 11.3 Å². The molecule has 3 rings (SSSR count). The molecule has 0 N–H and O–H groups in total. The molecule has 0 spiro atoms. The summed E-state index contributed by atoms with van der Waals surface area (Å²) in [6, 6.07) is 5.23. The quantitative estimate of drug-likeness (QED) is 0.615. The highest BCUT2D eigenvalue weighted by Gasteiger charge is 2.60. The summed E-state index contributed by atoms with van der Waals surface area (Å²) >= 11 is 0. The first kappa shape index (κ1) is 17.9. The lowest BCUT2D eigenvalue weighted by molar-refractivity contribution is -0.132. The normalized spacial score (nSPS) is 29.5. The number of hydrogen-bond acceptors (Lipinski definition) is 5. The summed E-state index contributed by atoms with van der Waals surface area (Å²) in [5.74, 6) is 0.357. The average molecular weight is 346 g/mol. The Hall–Kier alpha value is -1.88. The summed E-state index contributed by atoms with van der Waals surface area (Å²) in [5.41, 5.74) is 0.854. The van der Waals surface area contributed by atoms with Crippen molar-refractivity contribution >= 4 is 11.9 Å². The van der Waals surface area contributed by atoms with Crippen LogP contribution < -0.4 is 9.47 Å². The summed E-state index contributed by atoms with van der Waals surface area (Å²) in [6.07, 6.45) is 3.19. The van der Waals surface area contributed by atoms with Crippen LogP contribution in [0.5, 0.6) is 11.5 Å². The molecule has 0 saturated carbocycles. The molecule has 136 valence electrons. The van der Waals surface area contributed by atoms with Gasteiger partial charge in [-0.3, -0.25) is 9.59 Å². The Morgan fingerprint density at radius 3 is 2.40 bits per heavy atom. The molecule has 2 saturated heterocycles. The topological polar surface area (TPSA) is 61.8 Å². The molecule has 1 aromatic rings. The maximum Gasteiger partial charge on any atom is 0.308 e. The molecular weight excluding hydrogens is 320 g/mol. The number of benzene rings is 1. The van der Waals surface area contributed by atoms with Crippen LogP contribution in [-0.4, -0.2) is 23.6 Å². The van der Waals surface area contributed by atoms with Crippen LogP contribution in [0.1, 0.15) is 53.0 Å². The van der Waals surface area contributed by atoms with Gasteiger partial charge >= 0.3 is 11.9 Å². The molecule has 1 aromatic carbocycles. The highest BCUT2D eigenvalue weighted by Crippen LogP contribution is 2.58. The Morgan fingerprint density at radius 2 is 1.84 bits per heavy atom. The van der Waals surface area contributed by atoms with Gasteiger partial charge in [-0.25, -0.2) is 0 Å². The van der Waals surface area contributed by atoms with Crippen molar-refractivity contribution in [2.24, 2.45) is 11.3 Å². The molecule has 2 bridgehead atoms. The second-order valence-electron chi connectivity index (χ2n) is 7.99. The number of carbonyl (C=O) groups excluding carboxylic acids is 2. The third kappa shape index (κ3) is 3.30. The SMILES string of the molecule is CC(=O)Oc1ccc(C[C@@H]2C(C)(C)[C@H]3CC[C@]2(C)O3)c(OC(C)=O)c1. The van der Waals surface area contributed by atoms with E-state index in [-0.39, 0.29) is 17.1 Å². The van der Waals surface area contributed by atoms with Crippen molar-refractivity contribution in [2.75, 3.05) is 0 Å². The molecular formula is C20H26O5. The largest absolute Gasteiger partial charge is 0.427 e. The van der Waals surface area contributed by atoms with E-state index in [1.807, 2.05) is 6.07 Å². The molecule has 5 nitrogen and oxygen atoms in total. The van der Waals surface area contributed by atoms with Crippen molar-refractivity contribution in [1.29, 1.82) is 0 Å². The molecule has 2 aliphatic heterocycles. The lowest BCUT2D eigenvalue weighted by Crippen LogP contribution is -2.41. The van der Waals surface area contributed by atoms with Gasteiger partial charge in [0.15, 0.2) is 0 Å². The van der Waals surface area contributed by atoms with Gasteiger partial charge in [0, 0.05) is 19.9 Å². The van der Waals surface area contributed by atoms with E-state index < -0.39 is 11.9 Å². The van der Waals surface area contributed by atoms with Crippen LogP contribution in [0.15, 0.2) is 18.2 Å². The van der Waals surface area contributed by atoms with Gasteiger partial charge in [-0.1, -0.05) is 19.9 Å². The van der Waals surface area contributed by atoms with Gasteiger partial charge in [0.25, 0.3) is 0 Å². The van der Waals surface area contributed by atoms with Crippen LogP contribution in [0.25, 0.3) is 0 Å². The number of fused-ring (bicyclic) bond motifs is 2. The van der Waals surface area contributed by atoms with E-state index in [1.165, 1.54) is 13.8 Å². The number of ether oxygens (including phenoxy) is 3. The summed E-state index contributed by atoms with van der Waals surface area (Å²) in [6.45, 7) is 9.41.